The van der Waals surface area contributed by atoms with Gasteiger partial charge in [-0.15, -0.1) is 0 Å². The first kappa shape index (κ1) is 19.7. The molecule has 0 aliphatic rings. The summed E-state index contributed by atoms with van der Waals surface area (Å²) in [5, 5.41) is 3.30. The molecule has 3 nitrogen and oxygen atoms in total. The van der Waals surface area contributed by atoms with Gasteiger partial charge in [-0.05, 0) is 41.5 Å². The Morgan fingerprint density at radius 2 is 1.09 bits per heavy atom. The number of para-hydroxylation sites is 1. The molecule has 0 aliphatic heterocycles. The van der Waals surface area contributed by atoms with E-state index in [1.54, 1.807) is 0 Å². The highest BCUT2D eigenvalue weighted by molar-refractivity contribution is 6.06. The molecule has 0 amide bonds. The normalized spacial score (nSPS) is 11.4. The molecule has 7 rings (SSSR count). The summed E-state index contributed by atoms with van der Waals surface area (Å²) >= 11 is 0. The van der Waals surface area contributed by atoms with Gasteiger partial charge >= 0.3 is 0 Å². The number of nitrogens with zero attached hydrogens (tertiary/aromatic N) is 2. The molecule has 5 aromatic carbocycles. The maximum Gasteiger partial charge on any atom is 0.160 e. The van der Waals surface area contributed by atoms with Crippen molar-refractivity contribution in [2.75, 3.05) is 0 Å². The number of hydrogen-bond acceptors (Lipinski definition) is 3. The Morgan fingerprint density at radius 3 is 1.91 bits per heavy atom. The van der Waals surface area contributed by atoms with Gasteiger partial charge < -0.3 is 4.42 Å². The summed E-state index contributed by atoms with van der Waals surface area (Å²) in [5.74, 6) is 0.730. The Hall–Kier alpha value is -4.76. The molecule has 2 heterocycles. The highest BCUT2D eigenvalue weighted by atomic mass is 16.3. The first-order valence-electron chi connectivity index (χ1n) is 11.7. The molecule has 0 radical (unpaired) electrons. The summed E-state index contributed by atoms with van der Waals surface area (Å²) in [6.07, 6.45) is 0. The second kappa shape index (κ2) is 7.93. The minimum absolute atomic E-state index is 0.730. The third-order valence-corrected chi connectivity index (χ3v) is 6.49. The van der Waals surface area contributed by atoms with Crippen molar-refractivity contribution in [1.29, 1.82) is 0 Å². The lowest BCUT2D eigenvalue weighted by Crippen LogP contribution is -1.95. The van der Waals surface area contributed by atoms with Crippen LogP contribution in [0.4, 0.5) is 0 Å². The van der Waals surface area contributed by atoms with E-state index in [2.05, 4.69) is 54.6 Å². The van der Waals surface area contributed by atoms with E-state index in [-0.39, 0.29) is 0 Å². The summed E-state index contributed by atoms with van der Waals surface area (Å²) in [6, 6.07) is 41.5. The second-order valence-corrected chi connectivity index (χ2v) is 8.67. The van der Waals surface area contributed by atoms with E-state index >= 15 is 0 Å². The van der Waals surface area contributed by atoms with Gasteiger partial charge in [0.15, 0.2) is 5.82 Å². The molecule has 7 aromatic rings. The van der Waals surface area contributed by atoms with Crippen molar-refractivity contribution in [3.63, 3.8) is 0 Å². The Bertz CT molecular complexity index is 1840. The number of rotatable bonds is 3. The third kappa shape index (κ3) is 3.37. The minimum atomic E-state index is 0.730. The van der Waals surface area contributed by atoms with Gasteiger partial charge in [-0.2, -0.15) is 0 Å². The van der Waals surface area contributed by atoms with Gasteiger partial charge in [-0.3, -0.25) is 0 Å². The fourth-order valence-electron chi connectivity index (χ4n) is 4.75. The molecule has 0 spiro atoms. The molecule has 0 N–H and O–H groups in total. The van der Waals surface area contributed by atoms with E-state index in [0.717, 1.165) is 66.6 Å². The van der Waals surface area contributed by atoms with Crippen molar-refractivity contribution in [3.05, 3.63) is 121 Å². The fraction of sp³-hybridized carbons (Fsp3) is 0. The predicted molar refractivity (Wildman–Crippen MR) is 143 cm³/mol. The molecule has 0 unspecified atom stereocenters. The van der Waals surface area contributed by atoms with E-state index in [1.165, 1.54) is 0 Å². The second-order valence-electron chi connectivity index (χ2n) is 8.67. The predicted octanol–water partition coefficient (Wildman–Crippen LogP) is 8.53. The molecule has 0 fully saturated rings. The summed E-state index contributed by atoms with van der Waals surface area (Å²) in [6.45, 7) is 0. The van der Waals surface area contributed by atoms with Crippen LogP contribution >= 0.6 is 0 Å². The summed E-state index contributed by atoms with van der Waals surface area (Å²) in [7, 11) is 0. The van der Waals surface area contributed by atoms with Crippen LogP contribution in [0, 0.1) is 0 Å². The highest BCUT2D eigenvalue weighted by Crippen LogP contribution is 2.35. The number of hydrogen-bond donors (Lipinski definition) is 0. The third-order valence-electron chi connectivity index (χ3n) is 6.49. The standard InChI is InChI=1S/C32H20N2O/c1-3-9-21(10-4-1)31-27-19-23(16-18-28(27)33-32(34-31)22-11-5-2-6-12-22)24-15-17-26-25-13-7-8-14-29(25)35-30(26)20-24/h1-20H. The molecule has 2 aromatic heterocycles. The molecule has 35 heavy (non-hydrogen) atoms. The molecule has 3 heteroatoms. The minimum Gasteiger partial charge on any atom is -0.456 e. The molecule has 0 bridgehead atoms. The molecule has 0 saturated carbocycles. The maximum atomic E-state index is 6.14. The van der Waals surface area contributed by atoms with E-state index in [0.29, 0.717) is 0 Å². The zero-order chi connectivity index (χ0) is 23.2. The van der Waals surface area contributed by atoms with E-state index in [4.69, 9.17) is 14.4 Å². The fourth-order valence-corrected chi connectivity index (χ4v) is 4.75. The molecule has 164 valence electrons. The lowest BCUT2D eigenvalue weighted by atomic mass is 9.99. The average molecular weight is 449 g/mol. The summed E-state index contributed by atoms with van der Waals surface area (Å²) in [4.78, 5) is 9.94. The number of benzene rings is 5. The van der Waals surface area contributed by atoms with Crippen molar-refractivity contribution >= 4 is 32.8 Å². The lowest BCUT2D eigenvalue weighted by Gasteiger charge is -2.11. The number of fused-ring (bicyclic) bond motifs is 4. The van der Waals surface area contributed by atoms with Crippen molar-refractivity contribution in [3.8, 4) is 33.8 Å². The first-order chi connectivity index (χ1) is 17.3. The van der Waals surface area contributed by atoms with Crippen LogP contribution in [0.1, 0.15) is 0 Å². The van der Waals surface area contributed by atoms with Crippen molar-refractivity contribution in [2.24, 2.45) is 0 Å². The number of furan rings is 1. The maximum absolute atomic E-state index is 6.14. The van der Waals surface area contributed by atoms with Crippen LogP contribution in [-0.2, 0) is 0 Å². The molecular formula is C32H20N2O. The lowest BCUT2D eigenvalue weighted by molar-refractivity contribution is 0.669. The first-order valence-corrected chi connectivity index (χ1v) is 11.7. The van der Waals surface area contributed by atoms with Gasteiger partial charge in [0.1, 0.15) is 11.2 Å². The van der Waals surface area contributed by atoms with Crippen LogP contribution in [0.5, 0.6) is 0 Å². The topological polar surface area (TPSA) is 38.9 Å². The molecular weight excluding hydrogens is 428 g/mol. The molecule has 0 atom stereocenters. The van der Waals surface area contributed by atoms with Crippen LogP contribution in [0.15, 0.2) is 126 Å². The van der Waals surface area contributed by atoms with Crippen molar-refractivity contribution in [1.82, 2.24) is 9.97 Å². The van der Waals surface area contributed by atoms with Gasteiger partial charge in [0.05, 0.1) is 11.2 Å². The van der Waals surface area contributed by atoms with Gasteiger partial charge in [-0.25, -0.2) is 9.97 Å². The van der Waals surface area contributed by atoms with Crippen molar-refractivity contribution < 1.29 is 4.42 Å². The molecule has 0 saturated heterocycles. The average Bonchev–Trinajstić information content (AvgIpc) is 3.31. The van der Waals surface area contributed by atoms with Gasteiger partial charge in [-0.1, -0.05) is 91.0 Å². The molecule has 0 aliphatic carbocycles. The smallest absolute Gasteiger partial charge is 0.160 e. The van der Waals surface area contributed by atoms with Crippen LogP contribution in [0.25, 0.3) is 66.6 Å². The largest absolute Gasteiger partial charge is 0.456 e. The summed E-state index contributed by atoms with van der Waals surface area (Å²) < 4.78 is 6.14. The van der Waals surface area contributed by atoms with Crippen LogP contribution < -0.4 is 0 Å². The Kier molecular flexibility index (Phi) is 4.46. The SMILES string of the molecule is c1ccc(-c2nc(-c3ccccc3)c3cc(-c4ccc5c(c4)oc4ccccc45)ccc3n2)cc1. The monoisotopic (exact) mass is 448 g/mol. The van der Waals surface area contributed by atoms with Crippen LogP contribution in [0.3, 0.4) is 0 Å². The Morgan fingerprint density at radius 1 is 0.429 bits per heavy atom. The highest BCUT2D eigenvalue weighted by Gasteiger charge is 2.14. The zero-order valence-electron chi connectivity index (χ0n) is 18.8. The van der Waals surface area contributed by atoms with Crippen LogP contribution in [-0.4, -0.2) is 9.97 Å². The van der Waals surface area contributed by atoms with Gasteiger partial charge in [0.2, 0.25) is 0 Å². The Balaban J connectivity index is 1.43. The Labute approximate surface area is 202 Å². The van der Waals surface area contributed by atoms with E-state index < -0.39 is 0 Å². The van der Waals surface area contributed by atoms with Gasteiger partial charge in [0, 0.05) is 27.3 Å². The quantitative estimate of drug-likeness (QED) is 0.272. The van der Waals surface area contributed by atoms with Crippen LogP contribution in [0.2, 0.25) is 0 Å². The zero-order valence-corrected chi connectivity index (χ0v) is 18.8. The van der Waals surface area contributed by atoms with Gasteiger partial charge in [0.25, 0.3) is 0 Å². The van der Waals surface area contributed by atoms with Crippen molar-refractivity contribution in [2.45, 2.75) is 0 Å². The van der Waals surface area contributed by atoms with E-state index in [9.17, 15) is 0 Å². The number of aromatic nitrogens is 2. The van der Waals surface area contributed by atoms with E-state index in [1.807, 2.05) is 66.7 Å². The summed E-state index contributed by atoms with van der Waals surface area (Å²) in [5.41, 5.74) is 7.94.